The summed E-state index contributed by atoms with van der Waals surface area (Å²) in [6, 6.07) is 5.83. The molecule has 102 valence electrons. The van der Waals surface area contributed by atoms with E-state index in [1.54, 1.807) is 0 Å². The third kappa shape index (κ3) is 2.09. The molecule has 19 heavy (non-hydrogen) atoms. The van der Waals surface area contributed by atoms with Crippen LogP contribution in [0.2, 0.25) is 0 Å². The van der Waals surface area contributed by atoms with Gasteiger partial charge in [-0.1, -0.05) is 6.07 Å². The molecular weight excluding hydrogens is 242 g/mol. The zero-order valence-electron chi connectivity index (χ0n) is 10.8. The number of nitrogens with zero attached hydrogens (tertiary/aromatic N) is 1. The molecule has 1 heterocycles. The first kappa shape index (κ1) is 12.4. The number of rotatable bonds is 4. The van der Waals surface area contributed by atoms with Gasteiger partial charge in [-0.15, -0.1) is 0 Å². The lowest BCUT2D eigenvalue weighted by atomic mass is 9.91. The minimum atomic E-state index is -0.556. The minimum absolute atomic E-state index is 0.138. The second kappa shape index (κ2) is 4.83. The summed E-state index contributed by atoms with van der Waals surface area (Å²) in [6.45, 7) is 0.767. The number of nitrogens with two attached hydrogens (primary N) is 1. The van der Waals surface area contributed by atoms with Gasteiger partial charge in [0, 0.05) is 29.5 Å². The molecule has 5 nitrogen and oxygen atoms in total. The molecule has 0 bridgehead atoms. The summed E-state index contributed by atoms with van der Waals surface area (Å²) in [5.74, 6) is -0.149. The molecule has 1 unspecified atom stereocenters. The van der Waals surface area contributed by atoms with E-state index in [0.717, 1.165) is 16.9 Å². The Hall–Kier alpha value is -1.59. The third-order valence-electron chi connectivity index (χ3n) is 4.10. The molecule has 1 aliphatic heterocycles. The molecule has 5 heteroatoms. The fourth-order valence-electron chi connectivity index (χ4n) is 2.78. The molecule has 3 rings (SSSR count). The third-order valence-corrected chi connectivity index (χ3v) is 4.10. The van der Waals surface area contributed by atoms with Crippen LogP contribution in [-0.4, -0.2) is 30.2 Å². The number of fused-ring (bicyclic) bond motifs is 1. The number of nitrogens with one attached hydrogen (secondary N) is 1. The molecule has 1 aromatic carbocycles. The molecule has 1 aromatic rings. The van der Waals surface area contributed by atoms with Crippen LogP contribution in [0.3, 0.4) is 0 Å². The smallest absolute Gasteiger partial charge is 0.245 e. The van der Waals surface area contributed by atoms with E-state index in [2.05, 4.69) is 10.2 Å². The molecule has 1 fully saturated rings. The Morgan fingerprint density at radius 2 is 2.21 bits per heavy atom. The van der Waals surface area contributed by atoms with Gasteiger partial charge < -0.3 is 21.1 Å². The Morgan fingerprint density at radius 3 is 2.84 bits per heavy atom. The first-order valence-corrected chi connectivity index (χ1v) is 6.78. The molecule has 1 aliphatic carbocycles. The van der Waals surface area contributed by atoms with Crippen LogP contribution in [0.15, 0.2) is 18.2 Å². The van der Waals surface area contributed by atoms with Gasteiger partial charge in [0.1, 0.15) is 6.04 Å². The van der Waals surface area contributed by atoms with Crippen LogP contribution in [0.5, 0.6) is 0 Å². The molecule has 1 atom stereocenters. The zero-order chi connectivity index (χ0) is 13.4. The van der Waals surface area contributed by atoms with E-state index < -0.39 is 6.04 Å². The largest absolute Gasteiger partial charge is 0.395 e. The molecular formula is C14H19N3O2. The van der Waals surface area contributed by atoms with Crippen molar-refractivity contribution < 1.29 is 9.90 Å². The Morgan fingerprint density at radius 1 is 1.42 bits per heavy atom. The number of aliphatic hydroxyl groups is 1. The summed E-state index contributed by atoms with van der Waals surface area (Å²) in [5.41, 5.74) is 8.51. The first-order valence-electron chi connectivity index (χ1n) is 6.78. The van der Waals surface area contributed by atoms with Crippen molar-refractivity contribution in [2.24, 2.45) is 5.73 Å². The van der Waals surface area contributed by atoms with Crippen molar-refractivity contribution in [2.45, 2.75) is 31.3 Å². The lowest BCUT2D eigenvalue weighted by molar-refractivity contribution is -0.116. The van der Waals surface area contributed by atoms with Crippen molar-refractivity contribution in [3.05, 3.63) is 23.8 Å². The number of aliphatic hydroxyl groups excluding tert-OH is 1. The second-order valence-corrected chi connectivity index (χ2v) is 5.24. The van der Waals surface area contributed by atoms with Crippen molar-refractivity contribution in [1.82, 2.24) is 0 Å². The van der Waals surface area contributed by atoms with Crippen LogP contribution in [-0.2, 0) is 4.79 Å². The SMILES string of the molecule is NC1C(=O)Nc2cc(N(CCO)C3CCC3)ccc21. The minimum Gasteiger partial charge on any atom is -0.395 e. The van der Waals surface area contributed by atoms with Gasteiger partial charge in [0.25, 0.3) is 0 Å². The highest BCUT2D eigenvalue weighted by atomic mass is 16.3. The Kier molecular flexibility index (Phi) is 3.16. The van der Waals surface area contributed by atoms with E-state index in [1.165, 1.54) is 19.3 Å². The normalized spacial score (nSPS) is 21.8. The summed E-state index contributed by atoms with van der Waals surface area (Å²) in [6.07, 6.45) is 3.59. The zero-order valence-corrected chi connectivity index (χ0v) is 10.8. The average molecular weight is 261 g/mol. The highest BCUT2D eigenvalue weighted by Gasteiger charge is 2.29. The number of carbonyl (C=O) groups is 1. The van der Waals surface area contributed by atoms with Gasteiger partial charge in [-0.2, -0.15) is 0 Å². The average Bonchev–Trinajstić information content (AvgIpc) is 2.62. The van der Waals surface area contributed by atoms with Crippen LogP contribution >= 0.6 is 0 Å². The van der Waals surface area contributed by atoms with E-state index in [0.29, 0.717) is 12.6 Å². The maximum absolute atomic E-state index is 11.5. The van der Waals surface area contributed by atoms with E-state index in [9.17, 15) is 9.90 Å². The quantitative estimate of drug-likeness (QED) is 0.755. The lowest BCUT2D eigenvalue weighted by Gasteiger charge is -2.39. The molecule has 4 N–H and O–H groups in total. The van der Waals surface area contributed by atoms with Gasteiger partial charge in [0.15, 0.2) is 0 Å². The van der Waals surface area contributed by atoms with Crippen molar-refractivity contribution >= 4 is 17.3 Å². The number of hydrogen-bond donors (Lipinski definition) is 3. The van der Waals surface area contributed by atoms with Crippen LogP contribution in [0, 0.1) is 0 Å². The van der Waals surface area contributed by atoms with E-state index in [-0.39, 0.29) is 12.5 Å². The lowest BCUT2D eigenvalue weighted by Crippen LogP contribution is -2.41. The molecule has 0 aromatic heterocycles. The van der Waals surface area contributed by atoms with Crippen molar-refractivity contribution in [1.29, 1.82) is 0 Å². The highest BCUT2D eigenvalue weighted by molar-refractivity contribution is 6.02. The van der Waals surface area contributed by atoms with Gasteiger partial charge in [-0.25, -0.2) is 0 Å². The fourth-order valence-corrected chi connectivity index (χ4v) is 2.78. The molecule has 0 spiro atoms. The monoisotopic (exact) mass is 261 g/mol. The summed E-state index contributed by atoms with van der Waals surface area (Å²) in [7, 11) is 0. The summed E-state index contributed by atoms with van der Waals surface area (Å²) >= 11 is 0. The van der Waals surface area contributed by atoms with Crippen LogP contribution < -0.4 is 16.0 Å². The summed E-state index contributed by atoms with van der Waals surface area (Å²) < 4.78 is 0. The van der Waals surface area contributed by atoms with E-state index in [4.69, 9.17) is 5.73 Å². The van der Waals surface area contributed by atoms with E-state index in [1.807, 2.05) is 18.2 Å². The molecule has 2 aliphatic rings. The molecule has 1 saturated carbocycles. The number of anilines is 2. The predicted octanol–water partition coefficient (Wildman–Crippen LogP) is 0.990. The Balaban J connectivity index is 1.88. The number of hydrogen-bond acceptors (Lipinski definition) is 4. The maximum atomic E-state index is 11.5. The van der Waals surface area contributed by atoms with Crippen molar-refractivity contribution in [2.75, 3.05) is 23.4 Å². The molecule has 1 amide bonds. The van der Waals surface area contributed by atoms with Crippen LogP contribution in [0.1, 0.15) is 30.9 Å². The Bertz CT molecular complexity index is 499. The van der Waals surface area contributed by atoms with Gasteiger partial charge >= 0.3 is 0 Å². The standard InChI is InChI=1S/C14H19N3O2/c15-13-11-5-4-10(8-12(11)16-14(13)19)17(6-7-18)9-2-1-3-9/h4-5,8-9,13,18H,1-3,6-7,15H2,(H,16,19). The van der Waals surface area contributed by atoms with Gasteiger partial charge in [-0.05, 0) is 31.4 Å². The number of amides is 1. The Labute approximate surface area is 112 Å². The number of carbonyl (C=O) groups excluding carboxylic acids is 1. The van der Waals surface area contributed by atoms with E-state index >= 15 is 0 Å². The van der Waals surface area contributed by atoms with Gasteiger partial charge in [-0.3, -0.25) is 4.79 Å². The van der Waals surface area contributed by atoms with Crippen molar-refractivity contribution in [3.8, 4) is 0 Å². The number of benzene rings is 1. The van der Waals surface area contributed by atoms with Crippen LogP contribution in [0.4, 0.5) is 11.4 Å². The topological polar surface area (TPSA) is 78.6 Å². The predicted molar refractivity (Wildman–Crippen MR) is 74.1 cm³/mol. The molecule has 0 saturated heterocycles. The van der Waals surface area contributed by atoms with Crippen molar-refractivity contribution in [3.63, 3.8) is 0 Å². The summed E-state index contributed by atoms with van der Waals surface area (Å²) in [5, 5.41) is 12.0. The first-order chi connectivity index (χ1) is 9.20. The van der Waals surface area contributed by atoms with Gasteiger partial charge in [0.05, 0.1) is 6.61 Å². The molecule has 0 radical (unpaired) electrons. The fraction of sp³-hybridized carbons (Fsp3) is 0.500. The second-order valence-electron chi connectivity index (χ2n) is 5.24. The van der Waals surface area contributed by atoms with Gasteiger partial charge in [0.2, 0.25) is 5.91 Å². The maximum Gasteiger partial charge on any atom is 0.245 e. The highest BCUT2D eigenvalue weighted by Crippen LogP contribution is 2.35. The van der Waals surface area contributed by atoms with Crippen LogP contribution in [0.25, 0.3) is 0 Å². The summed E-state index contributed by atoms with van der Waals surface area (Å²) in [4.78, 5) is 13.8.